The number of anilines is 1. The molecule has 0 radical (unpaired) electrons. The molecule has 0 aliphatic carbocycles. The Kier molecular flexibility index (Phi) is 6.60. The minimum Gasteiger partial charge on any atom is -0.497 e. The summed E-state index contributed by atoms with van der Waals surface area (Å²) in [6.07, 6.45) is 3.79. The summed E-state index contributed by atoms with van der Waals surface area (Å²) in [6, 6.07) is 5.56. The number of carbonyl (C=O) groups excluding carboxylic acids is 3. The van der Waals surface area contributed by atoms with E-state index in [1.165, 1.54) is 0 Å². The van der Waals surface area contributed by atoms with Gasteiger partial charge in [0.15, 0.2) is 0 Å². The molecule has 24 heavy (non-hydrogen) atoms. The summed E-state index contributed by atoms with van der Waals surface area (Å²) in [7, 11) is 1.57. The van der Waals surface area contributed by atoms with Crippen LogP contribution in [0.4, 0.5) is 5.69 Å². The van der Waals surface area contributed by atoms with Crippen LogP contribution in [0.2, 0.25) is 0 Å². The summed E-state index contributed by atoms with van der Waals surface area (Å²) >= 11 is 0. The lowest BCUT2D eigenvalue weighted by atomic mass is 10.0. The average molecular weight is 333 g/mol. The van der Waals surface area contributed by atoms with E-state index in [1.54, 1.807) is 13.2 Å². The van der Waals surface area contributed by atoms with Crippen LogP contribution in [0.5, 0.6) is 5.75 Å². The molecule has 0 aromatic heterocycles. The van der Waals surface area contributed by atoms with Crippen LogP contribution in [0.3, 0.4) is 0 Å². The summed E-state index contributed by atoms with van der Waals surface area (Å²) in [6.45, 7) is -0.262. The number of hydrogen-bond acceptors (Lipinski definition) is 4. The molecule has 3 N–H and O–H groups in total. The first-order valence-electron chi connectivity index (χ1n) is 8.08. The molecule has 7 heteroatoms. The van der Waals surface area contributed by atoms with E-state index >= 15 is 0 Å². The van der Waals surface area contributed by atoms with Crippen LogP contribution >= 0.6 is 0 Å². The third kappa shape index (κ3) is 5.57. The highest BCUT2D eigenvalue weighted by Gasteiger charge is 2.12. The van der Waals surface area contributed by atoms with Gasteiger partial charge in [-0.15, -0.1) is 0 Å². The lowest BCUT2D eigenvalue weighted by Gasteiger charge is -2.13. The van der Waals surface area contributed by atoms with E-state index < -0.39 is 0 Å². The molecule has 1 aliphatic heterocycles. The van der Waals surface area contributed by atoms with Gasteiger partial charge in [0.2, 0.25) is 17.7 Å². The van der Waals surface area contributed by atoms with Crippen molar-refractivity contribution < 1.29 is 19.1 Å². The Morgan fingerprint density at radius 2 is 1.58 bits per heavy atom. The van der Waals surface area contributed by atoms with Gasteiger partial charge in [-0.2, -0.15) is 0 Å². The number of amides is 3. The van der Waals surface area contributed by atoms with Crippen molar-refractivity contribution >= 4 is 23.4 Å². The van der Waals surface area contributed by atoms with Crippen molar-refractivity contribution in [3.8, 4) is 5.75 Å². The highest BCUT2D eigenvalue weighted by molar-refractivity contribution is 5.96. The highest BCUT2D eigenvalue weighted by atomic mass is 16.5. The molecule has 0 unspecified atom stereocenters. The molecule has 2 rings (SSSR count). The molecule has 0 spiro atoms. The summed E-state index contributed by atoms with van der Waals surface area (Å²) < 4.78 is 5.20. The normalized spacial score (nSPS) is 17.5. The third-order valence-electron chi connectivity index (χ3n) is 3.83. The number of carbonyl (C=O) groups is 3. The molecule has 0 saturated carbocycles. The molecule has 1 aliphatic rings. The predicted octanol–water partition coefficient (Wildman–Crippen LogP) is 0.983. The molecular formula is C17H23N3O4. The largest absolute Gasteiger partial charge is 0.497 e. The summed E-state index contributed by atoms with van der Waals surface area (Å²) in [4.78, 5) is 35.3. The zero-order valence-corrected chi connectivity index (χ0v) is 13.8. The second kappa shape index (κ2) is 8.90. The monoisotopic (exact) mass is 333 g/mol. The van der Waals surface area contributed by atoms with E-state index in [0.29, 0.717) is 17.9 Å². The SMILES string of the molecule is COc1ccc2c(c1)NC(=O)CNC(=O)CNC(=O)CCCCC2. The Labute approximate surface area is 141 Å². The molecule has 130 valence electrons. The second-order valence-electron chi connectivity index (χ2n) is 5.69. The molecule has 1 aromatic carbocycles. The van der Waals surface area contributed by atoms with Gasteiger partial charge in [-0.25, -0.2) is 0 Å². The van der Waals surface area contributed by atoms with Gasteiger partial charge in [0.05, 0.1) is 20.2 Å². The maximum absolute atomic E-state index is 12.0. The summed E-state index contributed by atoms with van der Waals surface area (Å²) in [5, 5.41) is 7.85. The zero-order valence-electron chi connectivity index (χ0n) is 13.8. The van der Waals surface area contributed by atoms with Crippen molar-refractivity contribution in [3.05, 3.63) is 23.8 Å². The van der Waals surface area contributed by atoms with E-state index in [0.717, 1.165) is 31.2 Å². The van der Waals surface area contributed by atoms with E-state index in [2.05, 4.69) is 16.0 Å². The molecule has 0 atom stereocenters. The van der Waals surface area contributed by atoms with Crippen LogP contribution in [0.25, 0.3) is 0 Å². The summed E-state index contributed by atoms with van der Waals surface area (Å²) in [5.74, 6) is -0.196. The number of aryl methyl sites for hydroxylation is 1. The van der Waals surface area contributed by atoms with Crippen LogP contribution in [-0.4, -0.2) is 37.9 Å². The molecule has 1 aromatic rings. The van der Waals surface area contributed by atoms with Crippen molar-refractivity contribution in [1.29, 1.82) is 0 Å². The quantitative estimate of drug-likeness (QED) is 0.714. The van der Waals surface area contributed by atoms with E-state index in [9.17, 15) is 14.4 Å². The number of benzene rings is 1. The molecule has 7 nitrogen and oxygen atoms in total. The standard InChI is InChI=1S/C17H23N3O4/c1-24-13-8-7-12-5-3-2-4-6-15(21)18-10-16(22)19-11-17(23)20-14(12)9-13/h7-9H,2-6,10-11H2,1H3,(H,18,21)(H,19,22)(H,20,23). The Balaban J connectivity index is 2.12. The van der Waals surface area contributed by atoms with Gasteiger partial charge in [0, 0.05) is 18.2 Å². The van der Waals surface area contributed by atoms with Crippen molar-refractivity contribution in [2.75, 3.05) is 25.5 Å². The van der Waals surface area contributed by atoms with Crippen LogP contribution in [0.15, 0.2) is 18.2 Å². The topological polar surface area (TPSA) is 96.5 Å². The molecule has 1 heterocycles. The minimum atomic E-state index is -0.390. The van der Waals surface area contributed by atoms with Crippen molar-refractivity contribution in [2.24, 2.45) is 0 Å². The van der Waals surface area contributed by atoms with Gasteiger partial charge in [0.25, 0.3) is 0 Å². The van der Waals surface area contributed by atoms with Crippen LogP contribution < -0.4 is 20.7 Å². The molecule has 0 fully saturated rings. The van der Waals surface area contributed by atoms with Crippen LogP contribution in [-0.2, 0) is 20.8 Å². The third-order valence-corrected chi connectivity index (χ3v) is 3.83. The molecule has 3 amide bonds. The fourth-order valence-corrected chi connectivity index (χ4v) is 2.50. The maximum atomic E-state index is 12.0. The van der Waals surface area contributed by atoms with Crippen molar-refractivity contribution in [3.63, 3.8) is 0 Å². The zero-order chi connectivity index (χ0) is 17.4. The molecular weight excluding hydrogens is 310 g/mol. The Bertz CT molecular complexity index is 616. The number of nitrogens with one attached hydrogen (secondary N) is 3. The fourth-order valence-electron chi connectivity index (χ4n) is 2.50. The van der Waals surface area contributed by atoms with Crippen molar-refractivity contribution in [1.82, 2.24) is 10.6 Å². The van der Waals surface area contributed by atoms with Crippen LogP contribution in [0, 0.1) is 0 Å². The van der Waals surface area contributed by atoms with Crippen LogP contribution in [0.1, 0.15) is 31.2 Å². The van der Waals surface area contributed by atoms with Crippen molar-refractivity contribution in [2.45, 2.75) is 32.1 Å². The second-order valence-corrected chi connectivity index (χ2v) is 5.69. The predicted molar refractivity (Wildman–Crippen MR) is 89.8 cm³/mol. The van der Waals surface area contributed by atoms with Gasteiger partial charge in [0.1, 0.15) is 5.75 Å². The lowest BCUT2D eigenvalue weighted by Crippen LogP contribution is -2.40. The Hall–Kier alpha value is -2.57. The first-order chi connectivity index (χ1) is 11.6. The fraction of sp³-hybridized carbons (Fsp3) is 0.471. The van der Waals surface area contributed by atoms with E-state index in [4.69, 9.17) is 4.74 Å². The highest BCUT2D eigenvalue weighted by Crippen LogP contribution is 2.24. The number of ether oxygens (including phenoxy) is 1. The first kappa shape index (κ1) is 17.8. The molecule has 0 bridgehead atoms. The van der Waals surface area contributed by atoms with E-state index in [1.807, 2.05) is 12.1 Å². The van der Waals surface area contributed by atoms with Gasteiger partial charge in [-0.05, 0) is 30.9 Å². The average Bonchev–Trinajstić information content (AvgIpc) is 2.58. The minimum absolute atomic E-state index is 0.115. The first-order valence-corrected chi connectivity index (χ1v) is 8.08. The van der Waals surface area contributed by atoms with Gasteiger partial charge < -0.3 is 20.7 Å². The number of fused-ring (bicyclic) bond motifs is 1. The maximum Gasteiger partial charge on any atom is 0.243 e. The Morgan fingerprint density at radius 1 is 0.875 bits per heavy atom. The van der Waals surface area contributed by atoms with Gasteiger partial charge in [-0.3, -0.25) is 14.4 Å². The smallest absolute Gasteiger partial charge is 0.243 e. The number of hydrogen-bond donors (Lipinski definition) is 3. The number of rotatable bonds is 1. The van der Waals surface area contributed by atoms with Gasteiger partial charge >= 0.3 is 0 Å². The molecule has 0 saturated heterocycles. The summed E-state index contributed by atoms with van der Waals surface area (Å²) in [5.41, 5.74) is 1.70. The van der Waals surface area contributed by atoms with E-state index in [-0.39, 0.29) is 30.8 Å². The lowest BCUT2D eigenvalue weighted by molar-refractivity contribution is -0.127. The Morgan fingerprint density at radius 3 is 2.38 bits per heavy atom. The van der Waals surface area contributed by atoms with Gasteiger partial charge in [-0.1, -0.05) is 12.5 Å². The number of methoxy groups -OCH3 is 1.